The molecule has 1 amide bonds. The molecule has 5 heteroatoms. The highest BCUT2D eigenvalue weighted by Crippen LogP contribution is 2.12. The Labute approximate surface area is 104 Å². The van der Waals surface area contributed by atoms with Crippen LogP contribution in [0.3, 0.4) is 0 Å². The summed E-state index contributed by atoms with van der Waals surface area (Å²) in [5, 5.41) is 20.7. The molecule has 1 rings (SSSR count). The quantitative estimate of drug-likeness (QED) is 0.654. The van der Waals surface area contributed by atoms with Crippen molar-refractivity contribution in [3.05, 3.63) is 35.9 Å². The average Bonchev–Trinajstić information content (AvgIpc) is 2.38. The summed E-state index contributed by atoms with van der Waals surface area (Å²) in [6, 6.07) is 7.03. The predicted molar refractivity (Wildman–Crippen MR) is 64.4 cm³/mol. The van der Waals surface area contributed by atoms with E-state index in [4.69, 9.17) is 11.5 Å². The maximum absolute atomic E-state index is 11.6. The van der Waals surface area contributed by atoms with E-state index < -0.39 is 24.0 Å². The lowest BCUT2D eigenvalue weighted by Crippen LogP contribution is -2.42. The minimum Gasteiger partial charge on any atom is -0.480 e. The predicted octanol–water partition coefficient (Wildman–Crippen LogP) is 0.313. The lowest BCUT2D eigenvalue weighted by Gasteiger charge is -2.15. The molecule has 94 valence electrons. The number of hydrogen-bond acceptors (Lipinski definition) is 3. The second-order valence-electron chi connectivity index (χ2n) is 3.62. The number of carbonyl (C=O) groups excluding carboxylic acids is 1. The number of carbonyl (C=O) groups is 2. The Morgan fingerprint density at radius 3 is 2.44 bits per heavy atom. The van der Waals surface area contributed by atoms with Gasteiger partial charge in [-0.2, -0.15) is 0 Å². The van der Waals surface area contributed by atoms with E-state index in [1.165, 1.54) is 0 Å². The fraction of sp³-hybridized carbons (Fsp3) is 0.231. The van der Waals surface area contributed by atoms with Gasteiger partial charge in [0, 0.05) is 6.42 Å². The third-order valence-corrected chi connectivity index (χ3v) is 2.30. The van der Waals surface area contributed by atoms with Crippen molar-refractivity contribution in [1.29, 1.82) is 0 Å². The highest BCUT2D eigenvalue weighted by atomic mass is 16.4. The number of benzene rings is 1. The molecule has 0 bridgehead atoms. The van der Waals surface area contributed by atoms with Crippen molar-refractivity contribution in [2.75, 3.05) is 0 Å². The number of rotatable bonds is 5. The second kappa shape index (κ2) is 6.42. The van der Waals surface area contributed by atoms with E-state index in [0.29, 0.717) is 5.56 Å². The van der Waals surface area contributed by atoms with Crippen LogP contribution in [0.15, 0.2) is 30.3 Å². The van der Waals surface area contributed by atoms with E-state index in [2.05, 4.69) is 11.2 Å². The zero-order valence-electron chi connectivity index (χ0n) is 9.54. The largest absolute Gasteiger partial charge is 0.480 e. The lowest BCUT2D eigenvalue weighted by molar-refractivity contribution is -0.143. The molecule has 5 nitrogen and oxygen atoms in total. The summed E-state index contributed by atoms with van der Waals surface area (Å²) >= 11 is 0. The summed E-state index contributed by atoms with van der Waals surface area (Å²) in [5.41, 5.74) is 0.389. The molecule has 2 atom stereocenters. The first-order valence-electron chi connectivity index (χ1n) is 5.26. The minimum atomic E-state index is -1.41. The number of aliphatic hydroxyl groups is 1. The van der Waals surface area contributed by atoms with Gasteiger partial charge in [-0.05, 0) is 5.56 Å². The molecule has 0 saturated heterocycles. The van der Waals surface area contributed by atoms with Crippen molar-refractivity contribution in [3.63, 3.8) is 0 Å². The van der Waals surface area contributed by atoms with Gasteiger partial charge in [-0.1, -0.05) is 30.3 Å². The molecule has 1 aromatic rings. The van der Waals surface area contributed by atoms with Crippen LogP contribution in [0.1, 0.15) is 18.1 Å². The second-order valence-corrected chi connectivity index (χ2v) is 3.62. The SMILES string of the molecule is C#CC[C@@H](NC(=O)[C@@H](O)c1ccccc1)C(=O)O. The van der Waals surface area contributed by atoms with E-state index >= 15 is 0 Å². The van der Waals surface area contributed by atoms with E-state index in [0.717, 1.165) is 0 Å². The van der Waals surface area contributed by atoms with Gasteiger partial charge in [0.25, 0.3) is 5.91 Å². The molecule has 18 heavy (non-hydrogen) atoms. The first-order valence-corrected chi connectivity index (χ1v) is 5.26. The smallest absolute Gasteiger partial charge is 0.327 e. The highest BCUT2D eigenvalue weighted by molar-refractivity contribution is 5.87. The van der Waals surface area contributed by atoms with Crippen molar-refractivity contribution < 1.29 is 19.8 Å². The number of terminal acetylenes is 1. The van der Waals surface area contributed by atoms with Crippen LogP contribution in [0, 0.1) is 12.3 Å². The van der Waals surface area contributed by atoms with Crippen molar-refractivity contribution in [2.24, 2.45) is 0 Å². The third kappa shape index (κ3) is 3.61. The summed E-state index contributed by atoms with van der Waals surface area (Å²) in [6.45, 7) is 0. The van der Waals surface area contributed by atoms with Crippen LogP contribution in [0.25, 0.3) is 0 Å². The van der Waals surface area contributed by atoms with Crippen molar-refractivity contribution in [2.45, 2.75) is 18.6 Å². The Morgan fingerprint density at radius 2 is 1.94 bits per heavy atom. The summed E-state index contributed by atoms with van der Waals surface area (Å²) in [4.78, 5) is 22.4. The number of hydrogen-bond donors (Lipinski definition) is 3. The lowest BCUT2D eigenvalue weighted by atomic mass is 10.1. The summed E-state index contributed by atoms with van der Waals surface area (Å²) in [5.74, 6) is 0.133. The van der Waals surface area contributed by atoms with Crippen LogP contribution in [0.2, 0.25) is 0 Å². The molecule has 3 N–H and O–H groups in total. The molecule has 1 aromatic carbocycles. The zero-order valence-corrected chi connectivity index (χ0v) is 9.54. The first-order chi connectivity index (χ1) is 8.56. The molecule has 0 unspecified atom stereocenters. The van der Waals surface area contributed by atoms with Gasteiger partial charge in [-0.15, -0.1) is 12.3 Å². The Kier molecular flexibility index (Phi) is 4.90. The van der Waals surface area contributed by atoms with E-state index in [1.807, 2.05) is 0 Å². The highest BCUT2D eigenvalue weighted by Gasteiger charge is 2.23. The number of aliphatic hydroxyl groups excluding tert-OH is 1. The third-order valence-electron chi connectivity index (χ3n) is 2.30. The van der Waals surface area contributed by atoms with Gasteiger partial charge in [0.2, 0.25) is 0 Å². The fourth-order valence-electron chi connectivity index (χ4n) is 1.36. The van der Waals surface area contributed by atoms with E-state index in [1.54, 1.807) is 30.3 Å². The normalized spacial score (nSPS) is 13.1. The summed E-state index contributed by atoms with van der Waals surface area (Å²) in [6.07, 6.45) is 3.46. The summed E-state index contributed by atoms with van der Waals surface area (Å²) in [7, 11) is 0. The van der Waals surface area contributed by atoms with E-state index in [9.17, 15) is 14.7 Å². The number of amides is 1. The molecule has 0 aliphatic rings. The summed E-state index contributed by atoms with van der Waals surface area (Å²) < 4.78 is 0. The molecule has 0 fully saturated rings. The van der Waals surface area contributed by atoms with Crippen LogP contribution >= 0.6 is 0 Å². The number of carboxylic acids is 1. The standard InChI is InChI=1S/C13H13NO4/c1-2-6-10(13(17)18)14-12(16)11(15)9-7-4-3-5-8-9/h1,3-5,7-8,10-11,15H,6H2,(H,14,16)(H,17,18)/t10-,11+/m1/s1. The molecule has 0 saturated carbocycles. The first kappa shape index (κ1) is 13.7. The topological polar surface area (TPSA) is 86.6 Å². The molecular weight excluding hydrogens is 234 g/mol. The Balaban J connectivity index is 2.70. The van der Waals surface area contributed by atoms with Gasteiger partial charge < -0.3 is 15.5 Å². The van der Waals surface area contributed by atoms with Crippen molar-refractivity contribution in [1.82, 2.24) is 5.32 Å². The molecule has 0 spiro atoms. The van der Waals surface area contributed by atoms with Crippen LogP contribution in [0.5, 0.6) is 0 Å². The molecular formula is C13H13NO4. The van der Waals surface area contributed by atoms with Gasteiger partial charge in [0.15, 0.2) is 6.10 Å². The van der Waals surface area contributed by atoms with Crippen LogP contribution in [-0.4, -0.2) is 28.1 Å². The van der Waals surface area contributed by atoms with Gasteiger partial charge in [0.1, 0.15) is 6.04 Å². The average molecular weight is 247 g/mol. The fourth-order valence-corrected chi connectivity index (χ4v) is 1.36. The zero-order chi connectivity index (χ0) is 13.5. The number of carboxylic acid groups (broad SMARTS) is 1. The number of nitrogens with one attached hydrogen (secondary N) is 1. The molecule has 0 aromatic heterocycles. The van der Waals surface area contributed by atoms with Crippen LogP contribution < -0.4 is 5.32 Å². The number of aliphatic carboxylic acids is 1. The van der Waals surface area contributed by atoms with E-state index in [-0.39, 0.29) is 6.42 Å². The Hall–Kier alpha value is -2.32. The maximum Gasteiger partial charge on any atom is 0.327 e. The van der Waals surface area contributed by atoms with Gasteiger partial charge in [-0.25, -0.2) is 4.79 Å². The molecule has 0 heterocycles. The van der Waals surface area contributed by atoms with Gasteiger partial charge >= 0.3 is 5.97 Å². The Morgan fingerprint density at radius 1 is 1.33 bits per heavy atom. The minimum absolute atomic E-state index is 0.136. The Bertz CT molecular complexity index is 464. The van der Waals surface area contributed by atoms with Gasteiger partial charge in [0.05, 0.1) is 0 Å². The maximum atomic E-state index is 11.6. The van der Waals surface area contributed by atoms with Crippen molar-refractivity contribution >= 4 is 11.9 Å². The van der Waals surface area contributed by atoms with Gasteiger partial charge in [-0.3, -0.25) is 4.79 Å². The monoisotopic (exact) mass is 247 g/mol. The van der Waals surface area contributed by atoms with Crippen LogP contribution in [0.4, 0.5) is 0 Å². The molecule has 0 aliphatic carbocycles. The van der Waals surface area contributed by atoms with Crippen LogP contribution in [-0.2, 0) is 9.59 Å². The molecule has 0 radical (unpaired) electrons. The van der Waals surface area contributed by atoms with Crippen molar-refractivity contribution in [3.8, 4) is 12.3 Å². The molecule has 0 aliphatic heterocycles.